The number of pyridine rings is 1. The van der Waals surface area contributed by atoms with Crippen molar-refractivity contribution in [2.24, 2.45) is 0 Å². The highest BCUT2D eigenvalue weighted by Crippen LogP contribution is 2.30. The SMILES string of the molecule is COC(=O)Cc1c(C(F)F)cnc(Cl)c1N. The predicted octanol–water partition coefficient (Wildman–Crippen LogP) is 1.97. The number of esters is 1. The molecule has 7 heteroatoms. The number of nitrogen functional groups attached to an aromatic ring is 1. The van der Waals surface area contributed by atoms with E-state index in [2.05, 4.69) is 9.72 Å². The molecule has 0 radical (unpaired) electrons. The van der Waals surface area contributed by atoms with Crippen molar-refractivity contribution in [1.29, 1.82) is 0 Å². The van der Waals surface area contributed by atoms with Crippen LogP contribution in [0.1, 0.15) is 17.6 Å². The molecule has 0 aliphatic heterocycles. The topological polar surface area (TPSA) is 65.2 Å². The van der Waals surface area contributed by atoms with Crippen LogP contribution in [0.4, 0.5) is 14.5 Å². The summed E-state index contributed by atoms with van der Waals surface area (Å²) in [5.74, 6) is -0.670. The third-order valence-electron chi connectivity index (χ3n) is 2.00. The first-order valence-electron chi connectivity index (χ1n) is 4.25. The third-order valence-corrected chi connectivity index (χ3v) is 2.30. The smallest absolute Gasteiger partial charge is 0.310 e. The summed E-state index contributed by atoms with van der Waals surface area (Å²) >= 11 is 5.58. The van der Waals surface area contributed by atoms with Gasteiger partial charge in [0.25, 0.3) is 6.43 Å². The molecular formula is C9H9ClF2N2O2. The van der Waals surface area contributed by atoms with Gasteiger partial charge in [-0.15, -0.1) is 0 Å². The second-order valence-electron chi connectivity index (χ2n) is 2.95. The Kier molecular flexibility index (Phi) is 4.00. The molecule has 0 saturated heterocycles. The van der Waals surface area contributed by atoms with Crippen LogP contribution in [-0.4, -0.2) is 18.1 Å². The fourth-order valence-electron chi connectivity index (χ4n) is 1.16. The van der Waals surface area contributed by atoms with E-state index in [9.17, 15) is 13.6 Å². The summed E-state index contributed by atoms with van der Waals surface area (Å²) in [6.45, 7) is 0. The highest BCUT2D eigenvalue weighted by atomic mass is 35.5. The average molecular weight is 251 g/mol. The Hall–Kier alpha value is -1.43. The summed E-state index contributed by atoms with van der Waals surface area (Å²) in [6.07, 6.45) is -2.22. The Morgan fingerprint density at radius 3 is 2.81 bits per heavy atom. The number of aromatic nitrogens is 1. The zero-order valence-electron chi connectivity index (χ0n) is 8.34. The van der Waals surface area contributed by atoms with Gasteiger partial charge in [-0.1, -0.05) is 11.6 Å². The van der Waals surface area contributed by atoms with Crippen molar-refractivity contribution in [1.82, 2.24) is 4.98 Å². The number of rotatable bonds is 3. The Bertz CT molecular complexity index is 413. The first kappa shape index (κ1) is 12.6. The van der Waals surface area contributed by atoms with E-state index in [-0.39, 0.29) is 22.8 Å². The highest BCUT2D eigenvalue weighted by molar-refractivity contribution is 6.32. The first-order valence-corrected chi connectivity index (χ1v) is 4.62. The Morgan fingerprint density at radius 1 is 1.69 bits per heavy atom. The van der Waals surface area contributed by atoms with Crippen molar-refractivity contribution in [2.45, 2.75) is 12.8 Å². The number of anilines is 1. The molecule has 0 bridgehead atoms. The van der Waals surface area contributed by atoms with Gasteiger partial charge in [-0.3, -0.25) is 4.79 Å². The molecule has 0 aliphatic carbocycles. The number of carbonyl (C=O) groups is 1. The molecule has 0 amide bonds. The maximum atomic E-state index is 12.6. The normalized spacial score (nSPS) is 10.6. The number of nitrogens with two attached hydrogens (primary N) is 1. The van der Waals surface area contributed by atoms with Crippen LogP contribution in [0.15, 0.2) is 6.20 Å². The number of ether oxygens (including phenoxy) is 1. The molecule has 0 aromatic carbocycles. The standard InChI is InChI=1S/C9H9ClF2N2O2/c1-16-6(15)2-4-5(9(11)12)3-14-8(10)7(4)13/h3,9H,2,13H2,1H3. The zero-order chi connectivity index (χ0) is 12.3. The van der Waals surface area contributed by atoms with E-state index in [1.54, 1.807) is 0 Å². The minimum Gasteiger partial charge on any atom is -0.469 e. The molecule has 16 heavy (non-hydrogen) atoms. The summed E-state index contributed by atoms with van der Waals surface area (Å²) in [5.41, 5.74) is 4.92. The molecule has 1 aromatic rings. The molecule has 2 N–H and O–H groups in total. The van der Waals surface area contributed by atoms with Crippen molar-refractivity contribution in [3.63, 3.8) is 0 Å². The van der Waals surface area contributed by atoms with Crippen LogP contribution in [0.2, 0.25) is 5.15 Å². The third kappa shape index (κ3) is 2.57. The fraction of sp³-hybridized carbons (Fsp3) is 0.333. The van der Waals surface area contributed by atoms with Gasteiger partial charge in [0.1, 0.15) is 0 Å². The quantitative estimate of drug-likeness (QED) is 0.658. The van der Waals surface area contributed by atoms with Gasteiger partial charge in [-0.05, 0) is 5.56 Å². The summed E-state index contributed by atoms with van der Waals surface area (Å²) in [6, 6.07) is 0. The van der Waals surface area contributed by atoms with Gasteiger partial charge in [0, 0.05) is 11.8 Å². The fourth-order valence-corrected chi connectivity index (χ4v) is 1.32. The van der Waals surface area contributed by atoms with E-state index < -0.39 is 18.0 Å². The summed E-state index contributed by atoms with van der Waals surface area (Å²) in [4.78, 5) is 14.5. The summed E-state index contributed by atoms with van der Waals surface area (Å²) < 4.78 is 29.6. The number of carbonyl (C=O) groups excluding carboxylic acids is 1. The van der Waals surface area contributed by atoms with Gasteiger partial charge in [0.05, 0.1) is 19.2 Å². The van der Waals surface area contributed by atoms with E-state index in [1.165, 1.54) is 0 Å². The largest absolute Gasteiger partial charge is 0.469 e. The minimum atomic E-state index is -2.77. The molecule has 4 nitrogen and oxygen atoms in total. The van der Waals surface area contributed by atoms with Gasteiger partial charge in [-0.25, -0.2) is 13.8 Å². The first-order chi connectivity index (χ1) is 7.47. The lowest BCUT2D eigenvalue weighted by Crippen LogP contribution is -2.11. The van der Waals surface area contributed by atoms with Gasteiger partial charge in [0.2, 0.25) is 0 Å². The van der Waals surface area contributed by atoms with E-state index in [0.29, 0.717) is 0 Å². The summed E-state index contributed by atoms with van der Waals surface area (Å²) in [5, 5.41) is -0.108. The monoisotopic (exact) mass is 250 g/mol. The van der Waals surface area contributed by atoms with Crippen LogP contribution in [0, 0.1) is 0 Å². The average Bonchev–Trinajstić information content (AvgIpc) is 2.24. The molecule has 0 fully saturated rings. The van der Waals surface area contributed by atoms with Crippen molar-refractivity contribution in [3.05, 3.63) is 22.5 Å². The second kappa shape index (κ2) is 5.07. The van der Waals surface area contributed by atoms with Crippen LogP contribution in [0.5, 0.6) is 0 Å². The number of hydrogen-bond donors (Lipinski definition) is 1. The van der Waals surface area contributed by atoms with E-state index in [0.717, 1.165) is 13.3 Å². The Balaban J connectivity index is 3.20. The van der Waals surface area contributed by atoms with Crippen LogP contribution >= 0.6 is 11.6 Å². The van der Waals surface area contributed by atoms with Crippen LogP contribution in [-0.2, 0) is 16.0 Å². The number of alkyl halides is 2. The second-order valence-corrected chi connectivity index (χ2v) is 3.31. The Morgan fingerprint density at radius 2 is 2.31 bits per heavy atom. The van der Waals surface area contributed by atoms with Crippen molar-refractivity contribution in [3.8, 4) is 0 Å². The molecule has 1 heterocycles. The van der Waals surface area contributed by atoms with Crippen molar-refractivity contribution in [2.75, 3.05) is 12.8 Å². The molecule has 0 unspecified atom stereocenters. The number of hydrogen-bond acceptors (Lipinski definition) is 4. The van der Waals surface area contributed by atoms with Crippen molar-refractivity contribution >= 4 is 23.3 Å². The molecule has 0 saturated carbocycles. The van der Waals surface area contributed by atoms with Crippen LogP contribution in [0.25, 0.3) is 0 Å². The molecule has 0 aliphatic rings. The predicted molar refractivity (Wildman–Crippen MR) is 54.3 cm³/mol. The molecule has 0 spiro atoms. The van der Waals surface area contributed by atoms with E-state index in [1.807, 2.05) is 0 Å². The van der Waals surface area contributed by atoms with Gasteiger partial charge in [-0.2, -0.15) is 0 Å². The highest BCUT2D eigenvalue weighted by Gasteiger charge is 2.20. The minimum absolute atomic E-state index is 0.0400. The number of methoxy groups -OCH3 is 1. The number of nitrogens with zero attached hydrogens (tertiary/aromatic N) is 1. The molecular weight excluding hydrogens is 242 g/mol. The maximum absolute atomic E-state index is 12.6. The van der Waals surface area contributed by atoms with Crippen LogP contribution < -0.4 is 5.73 Å². The molecule has 1 rings (SSSR count). The van der Waals surface area contributed by atoms with Gasteiger partial charge in [0.15, 0.2) is 5.15 Å². The van der Waals surface area contributed by atoms with Gasteiger partial charge >= 0.3 is 5.97 Å². The maximum Gasteiger partial charge on any atom is 0.310 e. The van der Waals surface area contributed by atoms with E-state index >= 15 is 0 Å². The molecule has 0 atom stereocenters. The number of halogens is 3. The van der Waals surface area contributed by atoms with Crippen molar-refractivity contribution < 1.29 is 18.3 Å². The zero-order valence-corrected chi connectivity index (χ0v) is 9.09. The van der Waals surface area contributed by atoms with Crippen LogP contribution in [0.3, 0.4) is 0 Å². The van der Waals surface area contributed by atoms with E-state index in [4.69, 9.17) is 17.3 Å². The lowest BCUT2D eigenvalue weighted by atomic mass is 10.1. The lowest BCUT2D eigenvalue weighted by molar-refractivity contribution is -0.139. The Labute approximate surface area is 95.4 Å². The lowest BCUT2D eigenvalue weighted by Gasteiger charge is -2.11. The summed E-state index contributed by atoms with van der Waals surface area (Å²) in [7, 11) is 1.16. The molecule has 1 aromatic heterocycles. The van der Waals surface area contributed by atoms with Gasteiger partial charge < -0.3 is 10.5 Å². The molecule has 88 valence electrons.